The van der Waals surface area contributed by atoms with Crippen LogP contribution in [0, 0.1) is 5.92 Å². The van der Waals surface area contributed by atoms with Crippen molar-refractivity contribution in [3.05, 3.63) is 71.3 Å². The lowest BCUT2D eigenvalue weighted by Gasteiger charge is -2.17. The Balaban J connectivity index is 1.64. The molecule has 3 rings (SSSR count). The fraction of sp³-hybridized carbons (Fsp3) is 0.316. The van der Waals surface area contributed by atoms with Crippen LogP contribution in [0.3, 0.4) is 0 Å². The highest BCUT2D eigenvalue weighted by atomic mass is 32.2. The number of sulfonamides is 1. The summed E-state index contributed by atoms with van der Waals surface area (Å²) in [6.07, 6.45) is 1.56. The lowest BCUT2D eigenvalue weighted by molar-refractivity contribution is -0.138. The van der Waals surface area contributed by atoms with Crippen LogP contribution in [-0.2, 0) is 34.1 Å². The maximum Gasteiger partial charge on any atom is 0.322 e. The first-order chi connectivity index (χ1) is 11.9. The molecule has 2 aromatic rings. The van der Waals surface area contributed by atoms with Crippen LogP contribution in [0.5, 0.6) is 0 Å². The predicted octanol–water partition coefficient (Wildman–Crippen LogP) is 2.02. The predicted molar refractivity (Wildman–Crippen MR) is 95.8 cm³/mol. The highest BCUT2D eigenvalue weighted by Crippen LogP contribution is 2.27. The maximum absolute atomic E-state index is 12.5. The van der Waals surface area contributed by atoms with E-state index in [-0.39, 0.29) is 18.1 Å². The fourth-order valence-electron chi connectivity index (χ4n) is 3.37. The van der Waals surface area contributed by atoms with Crippen LogP contribution in [-0.4, -0.2) is 31.3 Å². The third-order valence-electron chi connectivity index (χ3n) is 4.49. The standard InChI is InChI=1S/C19H21NO4S/c21-19(22)18(12-14-6-2-1-3-7-14)20-25(23,24)13-15-10-16-8-4-5-9-17(16)11-15/h1-9,15,18,20H,10-13H2,(H,21,22)/t18-/m0/s1. The number of hydrogen-bond acceptors (Lipinski definition) is 3. The Morgan fingerprint density at radius 1 is 1.04 bits per heavy atom. The van der Waals surface area contributed by atoms with Gasteiger partial charge in [-0.1, -0.05) is 54.6 Å². The molecule has 25 heavy (non-hydrogen) atoms. The van der Waals surface area contributed by atoms with Gasteiger partial charge >= 0.3 is 5.97 Å². The Hall–Kier alpha value is -2.18. The molecule has 2 N–H and O–H groups in total. The minimum atomic E-state index is -3.68. The fourth-order valence-corrected chi connectivity index (χ4v) is 4.94. The summed E-state index contributed by atoms with van der Waals surface area (Å²) in [5, 5.41) is 9.37. The largest absolute Gasteiger partial charge is 0.480 e. The first kappa shape index (κ1) is 17.6. The normalized spacial score (nSPS) is 15.7. The molecule has 0 radical (unpaired) electrons. The zero-order valence-electron chi connectivity index (χ0n) is 13.8. The van der Waals surface area contributed by atoms with E-state index in [0.29, 0.717) is 12.8 Å². The van der Waals surface area contributed by atoms with Gasteiger partial charge in [-0.3, -0.25) is 4.79 Å². The topological polar surface area (TPSA) is 83.5 Å². The first-order valence-electron chi connectivity index (χ1n) is 8.26. The molecule has 0 aromatic heterocycles. The van der Waals surface area contributed by atoms with Gasteiger partial charge in [-0.25, -0.2) is 13.1 Å². The molecule has 1 aliphatic rings. The Bertz CT molecular complexity index is 824. The van der Waals surface area contributed by atoms with E-state index in [4.69, 9.17) is 0 Å². The molecule has 0 bridgehead atoms. The number of rotatable bonds is 7. The quantitative estimate of drug-likeness (QED) is 0.792. The molecule has 0 unspecified atom stereocenters. The molecule has 0 amide bonds. The van der Waals surface area contributed by atoms with Crippen LogP contribution in [0.25, 0.3) is 0 Å². The molecular formula is C19H21NO4S. The molecule has 0 saturated carbocycles. The van der Waals surface area contributed by atoms with Gasteiger partial charge in [-0.15, -0.1) is 0 Å². The van der Waals surface area contributed by atoms with Gasteiger partial charge in [-0.2, -0.15) is 0 Å². The van der Waals surface area contributed by atoms with Crippen LogP contribution in [0.1, 0.15) is 16.7 Å². The van der Waals surface area contributed by atoms with E-state index >= 15 is 0 Å². The number of carbonyl (C=O) groups is 1. The van der Waals surface area contributed by atoms with Gasteiger partial charge in [0.1, 0.15) is 6.04 Å². The summed E-state index contributed by atoms with van der Waals surface area (Å²) < 4.78 is 27.3. The molecule has 0 aliphatic heterocycles. The second-order valence-corrected chi connectivity index (χ2v) is 8.32. The number of aliphatic carboxylic acids is 1. The van der Waals surface area contributed by atoms with Crippen molar-refractivity contribution in [3.8, 4) is 0 Å². The van der Waals surface area contributed by atoms with Crippen molar-refractivity contribution in [2.24, 2.45) is 5.92 Å². The summed E-state index contributed by atoms with van der Waals surface area (Å²) in [6.45, 7) is 0. The van der Waals surface area contributed by atoms with Crippen molar-refractivity contribution >= 4 is 16.0 Å². The molecule has 0 fully saturated rings. The highest BCUT2D eigenvalue weighted by Gasteiger charge is 2.29. The monoisotopic (exact) mass is 359 g/mol. The summed E-state index contributed by atoms with van der Waals surface area (Å²) in [4.78, 5) is 11.5. The number of fused-ring (bicyclic) bond motifs is 1. The van der Waals surface area contributed by atoms with Gasteiger partial charge in [0, 0.05) is 0 Å². The van der Waals surface area contributed by atoms with Crippen molar-refractivity contribution < 1.29 is 18.3 Å². The molecule has 132 valence electrons. The molecule has 0 heterocycles. The molecule has 0 saturated heterocycles. The van der Waals surface area contributed by atoms with Crippen molar-refractivity contribution in [2.75, 3.05) is 5.75 Å². The van der Waals surface area contributed by atoms with Gasteiger partial charge in [0.25, 0.3) is 0 Å². The number of hydrogen-bond donors (Lipinski definition) is 2. The summed E-state index contributed by atoms with van der Waals surface area (Å²) in [5.41, 5.74) is 3.15. The van der Waals surface area contributed by atoms with E-state index in [9.17, 15) is 18.3 Å². The Kier molecular flexibility index (Phi) is 5.20. The van der Waals surface area contributed by atoms with Gasteiger partial charge in [0.05, 0.1) is 5.75 Å². The maximum atomic E-state index is 12.5. The summed E-state index contributed by atoms with van der Waals surface area (Å²) >= 11 is 0. The molecule has 6 heteroatoms. The van der Waals surface area contributed by atoms with Crippen molar-refractivity contribution in [2.45, 2.75) is 25.3 Å². The number of carboxylic acid groups (broad SMARTS) is 1. The van der Waals surface area contributed by atoms with E-state index in [1.54, 1.807) is 24.3 Å². The van der Waals surface area contributed by atoms with E-state index in [1.165, 1.54) is 11.1 Å². The lowest BCUT2D eigenvalue weighted by atomic mass is 10.1. The number of nitrogens with one attached hydrogen (secondary N) is 1. The SMILES string of the molecule is O=C(O)[C@H](Cc1ccccc1)NS(=O)(=O)CC1Cc2ccccc2C1. The van der Waals surface area contributed by atoms with Crippen LogP contribution in [0.4, 0.5) is 0 Å². The summed E-state index contributed by atoms with van der Waals surface area (Å²) in [5.74, 6) is -1.23. The van der Waals surface area contributed by atoms with E-state index < -0.39 is 22.0 Å². The lowest BCUT2D eigenvalue weighted by Crippen LogP contribution is -2.44. The number of benzene rings is 2. The smallest absolute Gasteiger partial charge is 0.322 e. The molecular weight excluding hydrogens is 338 g/mol. The van der Waals surface area contributed by atoms with E-state index in [0.717, 1.165) is 5.56 Å². The minimum Gasteiger partial charge on any atom is -0.480 e. The second-order valence-electron chi connectivity index (χ2n) is 6.52. The van der Waals surface area contributed by atoms with Crippen LogP contribution < -0.4 is 4.72 Å². The van der Waals surface area contributed by atoms with Gasteiger partial charge < -0.3 is 5.11 Å². The molecule has 5 nitrogen and oxygen atoms in total. The van der Waals surface area contributed by atoms with Gasteiger partial charge in [0.15, 0.2) is 0 Å². The van der Waals surface area contributed by atoms with Gasteiger partial charge in [0.2, 0.25) is 10.0 Å². The molecule has 1 aliphatic carbocycles. The number of carboxylic acids is 1. The molecule has 0 spiro atoms. The Labute approximate surface area is 147 Å². The molecule has 1 atom stereocenters. The second kappa shape index (κ2) is 7.37. The highest BCUT2D eigenvalue weighted by molar-refractivity contribution is 7.89. The first-order valence-corrected chi connectivity index (χ1v) is 9.92. The van der Waals surface area contributed by atoms with Crippen LogP contribution >= 0.6 is 0 Å². The zero-order valence-corrected chi connectivity index (χ0v) is 14.6. The van der Waals surface area contributed by atoms with E-state index in [1.807, 2.05) is 30.3 Å². The Morgan fingerprint density at radius 2 is 1.60 bits per heavy atom. The van der Waals surface area contributed by atoms with Crippen molar-refractivity contribution in [1.82, 2.24) is 4.72 Å². The minimum absolute atomic E-state index is 0.0129. The average molecular weight is 359 g/mol. The van der Waals surface area contributed by atoms with Crippen LogP contribution in [0.15, 0.2) is 54.6 Å². The average Bonchev–Trinajstić information content (AvgIpc) is 2.96. The van der Waals surface area contributed by atoms with E-state index in [2.05, 4.69) is 4.72 Å². The molecule has 2 aromatic carbocycles. The third kappa shape index (κ3) is 4.67. The zero-order chi connectivity index (χ0) is 17.9. The Morgan fingerprint density at radius 3 is 2.16 bits per heavy atom. The van der Waals surface area contributed by atoms with Gasteiger partial charge in [-0.05, 0) is 41.9 Å². The van der Waals surface area contributed by atoms with Crippen LogP contribution in [0.2, 0.25) is 0 Å². The van der Waals surface area contributed by atoms with Crippen molar-refractivity contribution in [1.29, 1.82) is 0 Å². The van der Waals surface area contributed by atoms with Crippen molar-refractivity contribution in [3.63, 3.8) is 0 Å². The summed E-state index contributed by atoms with van der Waals surface area (Å²) in [6, 6.07) is 15.8. The third-order valence-corrected chi connectivity index (χ3v) is 6.05. The summed E-state index contributed by atoms with van der Waals surface area (Å²) in [7, 11) is -3.68.